The molecular weight excluding hydrogens is 350 g/mol. The van der Waals surface area contributed by atoms with Gasteiger partial charge in [0.2, 0.25) is 5.91 Å². The molecule has 0 spiro atoms. The van der Waals surface area contributed by atoms with Gasteiger partial charge in [0.1, 0.15) is 6.10 Å². The van der Waals surface area contributed by atoms with Crippen molar-refractivity contribution in [3.63, 3.8) is 0 Å². The van der Waals surface area contributed by atoms with Crippen LogP contribution in [0.1, 0.15) is 42.4 Å². The zero-order valence-electron chi connectivity index (χ0n) is 14.8. The third-order valence-corrected chi connectivity index (χ3v) is 5.70. The van der Waals surface area contributed by atoms with Gasteiger partial charge in [-0.2, -0.15) is 5.10 Å². The van der Waals surface area contributed by atoms with Gasteiger partial charge in [-0.25, -0.2) is 9.97 Å². The molecule has 4 rings (SSSR count). The average molecular weight is 373 g/mol. The van der Waals surface area contributed by atoms with Gasteiger partial charge in [0, 0.05) is 25.0 Å². The van der Waals surface area contributed by atoms with Crippen molar-refractivity contribution in [2.75, 3.05) is 12.3 Å². The number of aliphatic hydroxyl groups excluding tert-OH is 1. The topological polar surface area (TPSA) is 84.1 Å². The normalized spacial score (nSPS) is 18.3. The van der Waals surface area contributed by atoms with Crippen LogP contribution in [0.4, 0.5) is 0 Å². The summed E-state index contributed by atoms with van der Waals surface area (Å²) in [6, 6.07) is 3.81. The highest BCUT2D eigenvalue weighted by molar-refractivity contribution is 7.99. The van der Waals surface area contributed by atoms with Crippen LogP contribution in [0.5, 0.6) is 0 Å². The standard InChI is InChI=1S/C18H23N5O2S/c1-12-5-6-19-18(20-12)26-11-16(24)22-7-2-8-23-14(10-22)9-15(21-23)17(25)13-3-4-13/h5-6,9,13,17,25H,2-4,7-8,10-11H2,1H3/t17-/m1/s1. The van der Waals surface area contributed by atoms with E-state index in [9.17, 15) is 9.90 Å². The van der Waals surface area contributed by atoms with E-state index in [-0.39, 0.29) is 5.91 Å². The van der Waals surface area contributed by atoms with E-state index >= 15 is 0 Å². The van der Waals surface area contributed by atoms with Crippen LogP contribution in [0, 0.1) is 12.8 Å². The highest BCUT2D eigenvalue weighted by atomic mass is 32.2. The molecule has 0 aromatic carbocycles. The Morgan fingerprint density at radius 2 is 2.27 bits per heavy atom. The van der Waals surface area contributed by atoms with Gasteiger partial charge in [0.25, 0.3) is 0 Å². The summed E-state index contributed by atoms with van der Waals surface area (Å²) in [5.41, 5.74) is 2.65. The van der Waals surface area contributed by atoms with Gasteiger partial charge in [0.15, 0.2) is 5.16 Å². The molecule has 7 nitrogen and oxygen atoms in total. The Kier molecular flexibility index (Phi) is 4.95. The minimum atomic E-state index is -0.465. The molecule has 26 heavy (non-hydrogen) atoms. The molecule has 1 N–H and O–H groups in total. The molecule has 1 atom stereocenters. The Hall–Kier alpha value is -1.93. The van der Waals surface area contributed by atoms with Gasteiger partial charge in [-0.05, 0) is 44.2 Å². The van der Waals surface area contributed by atoms with Gasteiger partial charge < -0.3 is 10.0 Å². The largest absolute Gasteiger partial charge is 0.386 e. The third kappa shape index (κ3) is 3.91. The van der Waals surface area contributed by atoms with E-state index in [1.54, 1.807) is 6.20 Å². The molecule has 1 aliphatic carbocycles. The molecule has 8 heteroatoms. The van der Waals surface area contributed by atoms with E-state index in [4.69, 9.17) is 0 Å². The predicted molar refractivity (Wildman–Crippen MR) is 97.4 cm³/mol. The predicted octanol–water partition coefficient (Wildman–Crippen LogP) is 1.95. The van der Waals surface area contributed by atoms with Gasteiger partial charge in [-0.3, -0.25) is 9.48 Å². The molecule has 2 aromatic rings. The molecule has 3 heterocycles. The van der Waals surface area contributed by atoms with Gasteiger partial charge in [0.05, 0.1) is 23.7 Å². The van der Waals surface area contributed by atoms with Crippen LogP contribution in [-0.2, 0) is 17.9 Å². The van der Waals surface area contributed by atoms with Crippen molar-refractivity contribution >= 4 is 17.7 Å². The van der Waals surface area contributed by atoms with Crippen molar-refractivity contribution in [3.05, 3.63) is 35.4 Å². The lowest BCUT2D eigenvalue weighted by Gasteiger charge is -2.19. The third-order valence-electron chi connectivity index (χ3n) is 4.85. The van der Waals surface area contributed by atoms with Crippen LogP contribution >= 0.6 is 11.8 Å². The monoisotopic (exact) mass is 373 g/mol. The number of thioether (sulfide) groups is 1. The Labute approximate surface area is 156 Å². The molecule has 2 aliphatic rings. The summed E-state index contributed by atoms with van der Waals surface area (Å²) >= 11 is 1.37. The van der Waals surface area contributed by atoms with E-state index in [1.165, 1.54) is 11.8 Å². The summed E-state index contributed by atoms with van der Waals surface area (Å²) < 4.78 is 1.95. The van der Waals surface area contributed by atoms with E-state index in [0.717, 1.165) is 49.4 Å². The molecule has 1 saturated carbocycles. The van der Waals surface area contributed by atoms with Crippen molar-refractivity contribution in [1.29, 1.82) is 0 Å². The summed E-state index contributed by atoms with van der Waals surface area (Å²) in [7, 11) is 0. The fraction of sp³-hybridized carbons (Fsp3) is 0.556. The number of hydrogen-bond donors (Lipinski definition) is 1. The number of aliphatic hydroxyl groups is 1. The minimum Gasteiger partial charge on any atom is -0.386 e. The second kappa shape index (κ2) is 7.36. The first-order chi connectivity index (χ1) is 12.6. The van der Waals surface area contributed by atoms with Crippen molar-refractivity contribution in [3.8, 4) is 0 Å². The zero-order chi connectivity index (χ0) is 18.1. The summed E-state index contributed by atoms with van der Waals surface area (Å²) in [5.74, 6) is 0.770. The highest BCUT2D eigenvalue weighted by Gasteiger charge is 2.33. The number of carbonyl (C=O) groups is 1. The molecule has 0 saturated heterocycles. The Morgan fingerprint density at radius 3 is 3.04 bits per heavy atom. The van der Waals surface area contributed by atoms with Crippen molar-refractivity contribution < 1.29 is 9.90 Å². The van der Waals surface area contributed by atoms with Crippen LogP contribution < -0.4 is 0 Å². The average Bonchev–Trinajstić information content (AvgIpc) is 3.43. The summed E-state index contributed by atoms with van der Waals surface area (Å²) in [5, 5.41) is 15.5. The zero-order valence-corrected chi connectivity index (χ0v) is 15.7. The first-order valence-electron chi connectivity index (χ1n) is 9.05. The molecule has 2 aromatic heterocycles. The Bertz CT molecular complexity index is 805. The first kappa shape index (κ1) is 17.5. The maximum Gasteiger partial charge on any atom is 0.233 e. The molecular formula is C18H23N5O2S. The smallest absolute Gasteiger partial charge is 0.233 e. The van der Waals surface area contributed by atoms with Crippen molar-refractivity contribution in [2.45, 2.75) is 50.5 Å². The van der Waals surface area contributed by atoms with Crippen LogP contribution in [0.25, 0.3) is 0 Å². The van der Waals surface area contributed by atoms with Crippen LogP contribution in [0.2, 0.25) is 0 Å². The lowest BCUT2D eigenvalue weighted by molar-refractivity contribution is -0.128. The Morgan fingerprint density at radius 1 is 1.42 bits per heavy atom. The number of aryl methyl sites for hydroxylation is 2. The van der Waals surface area contributed by atoms with E-state index in [2.05, 4.69) is 15.1 Å². The first-order valence-corrected chi connectivity index (χ1v) is 10.0. The van der Waals surface area contributed by atoms with E-state index in [0.29, 0.717) is 23.4 Å². The molecule has 1 fully saturated rings. The number of fused-ring (bicyclic) bond motifs is 1. The van der Waals surface area contributed by atoms with E-state index < -0.39 is 6.10 Å². The fourth-order valence-electron chi connectivity index (χ4n) is 3.21. The number of rotatable bonds is 5. The summed E-state index contributed by atoms with van der Waals surface area (Å²) in [6.07, 6.45) is 4.27. The number of hydrogen-bond acceptors (Lipinski definition) is 6. The van der Waals surface area contributed by atoms with Crippen LogP contribution in [0.15, 0.2) is 23.5 Å². The SMILES string of the molecule is Cc1ccnc(SCC(=O)N2CCCn3nc([C@H](O)C4CC4)cc3C2)n1. The minimum absolute atomic E-state index is 0.0825. The summed E-state index contributed by atoms with van der Waals surface area (Å²) in [4.78, 5) is 23.0. The molecule has 1 amide bonds. The molecule has 0 radical (unpaired) electrons. The lowest BCUT2D eigenvalue weighted by atomic mass is 10.1. The molecule has 138 valence electrons. The second-order valence-electron chi connectivity index (χ2n) is 7.00. The van der Waals surface area contributed by atoms with Gasteiger partial charge >= 0.3 is 0 Å². The van der Waals surface area contributed by atoms with Crippen LogP contribution in [0.3, 0.4) is 0 Å². The van der Waals surface area contributed by atoms with Gasteiger partial charge in [-0.15, -0.1) is 0 Å². The van der Waals surface area contributed by atoms with Crippen molar-refractivity contribution in [2.24, 2.45) is 5.92 Å². The number of nitrogens with zero attached hydrogens (tertiary/aromatic N) is 5. The number of aromatic nitrogens is 4. The van der Waals surface area contributed by atoms with Crippen molar-refractivity contribution in [1.82, 2.24) is 24.6 Å². The molecule has 0 unspecified atom stereocenters. The number of carbonyl (C=O) groups excluding carboxylic acids is 1. The molecule has 0 bridgehead atoms. The lowest BCUT2D eigenvalue weighted by Crippen LogP contribution is -2.32. The highest BCUT2D eigenvalue weighted by Crippen LogP contribution is 2.40. The maximum absolute atomic E-state index is 12.6. The quantitative estimate of drug-likeness (QED) is 0.637. The maximum atomic E-state index is 12.6. The Balaban J connectivity index is 1.40. The fourth-order valence-corrected chi connectivity index (χ4v) is 3.99. The van der Waals surface area contributed by atoms with E-state index in [1.807, 2.05) is 28.6 Å². The number of amides is 1. The summed E-state index contributed by atoms with van der Waals surface area (Å²) in [6.45, 7) is 3.96. The van der Waals surface area contributed by atoms with Gasteiger partial charge in [-0.1, -0.05) is 11.8 Å². The van der Waals surface area contributed by atoms with Crippen LogP contribution in [-0.4, -0.2) is 48.0 Å². The second-order valence-corrected chi connectivity index (χ2v) is 7.95. The molecule has 1 aliphatic heterocycles.